The lowest BCUT2D eigenvalue weighted by Gasteiger charge is -2.31. The molecule has 6 rings (SSSR count). The Kier molecular flexibility index (Phi) is 7.14. The number of halogens is 5. The van der Waals surface area contributed by atoms with E-state index in [9.17, 15) is 36.6 Å². The highest BCUT2D eigenvalue weighted by atomic mass is 19.4. The Morgan fingerprint density at radius 1 is 1.13 bits per heavy atom. The van der Waals surface area contributed by atoms with Crippen molar-refractivity contribution in [1.82, 2.24) is 15.3 Å². The predicted octanol–water partition coefficient (Wildman–Crippen LogP) is 4.43. The van der Waals surface area contributed by atoms with Crippen LogP contribution in [0.4, 0.5) is 22.0 Å². The summed E-state index contributed by atoms with van der Waals surface area (Å²) in [5, 5.41) is 13.9. The molecular formula is C31H25F5N4O5. The molecule has 4 N–H and O–H groups in total. The molecule has 1 aliphatic carbocycles. The zero-order valence-corrected chi connectivity index (χ0v) is 23.5. The number of aromatic nitrogens is 2. The number of alkyl halides is 3. The standard InChI is InChI=1S/C31H25F5N4O5/c1-29(28(37)42)14-44-26-19(29)12-23(40-25(26)16-4-7-20(32)21(33)10-16)30(43,31(34,35)36)13-39-27(41)17-9-15-3-2-8-38-24(15)22(11-17)45-18-5-6-18/h2-4,7-12,18,43H,5-6,13-14H2,1H3,(H2,37,42)(H,39,41)/t29-,30-/m0/s1. The molecule has 2 aromatic carbocycles. The summed E-state index contributed by atoms with van der Waals surface area (Å²) < 4.78 is 83.5. The van der Waals surface area contributed by atoms with E-state index in [0.29, 0.717) is 17.0 Å². The van der Waals surface area contributed by atoms with Gasteiger partial charge in [0.05, 0.1) is 18.3 Å². The second-order valence-corrected chi connectivity index (χ2v) is 11.3. The maximum atomic E-state index is 14.7. The fourth-order valence-corrected chi connectivity index (χ4v) is 5.03. The Morgan fingerprint density at radius 2 is 1.89 bits per heavy atom. The number of amides is 2. The molecule has 0 spiro atoms. The van der Waals surface area contributed by atoms with Gasteiger partial charge in [-0.15, -0.1) is 0 Å². The van der Waals surface area contributed by atoms with Crippen LogP contribution in [0.15, 0.2) is 54.7 Å². The molecule has 2 aromatic heterocycles. The van der Waals surface area contributed by atoms with E-state index in [-0.39, 0.29) is 40.9 Å². The van der Waals surface area contributed by atoms with E-state index in [4.69, 9.17) is 15.2 Å². The van der Waals surface area contributed by atoms with E-state index in [1.807, 2.05) is 0 Å². The lowest BCUT2D eigenvalue weighted by Crippen LogP contribution is -2.51. The zero-order chi connectivity index (χ0) is 32.3. The molecule has 1 fully saturated rings. The number of carbonyl (C=O) groups is 2. The number of hydrogen-bond acceptors (Lipinski definition) is 7. The highest BCUT2D eigenvalue weighted by Crippen LogP contribution is 2.48. The molecule has 234 valence electrons. The van der Waals surface area contributed by atoms with E-state index >= 15 is 0 Å². The number of nitrogens with two attached hydrogens (primary N) is 1. The van der Waals surface area contributed by atoms with Gasteiger partial charge in [0.2, 0.25) is 11.5 Å². The molecule has 3 heterocycles. The van der Waals surface area contributed by atoms with Gasteiger partial charge in [-0.1, -0.05) is 6.07 Å². The van der Waals surface area contributed by atoms with Crippen molar-refractivity contribution in [3.63, 3.8) is 0 Å². The average Bonchev–Trinajstić information content (AvgIpc) is 3.75. The second kappa shape index (κ2) is 10.6. The Hall–Kier alpha value is -4.85. The molecule has 0 saturated heterocycles. The third-order valence-corrected chi connectivity index (χ3v) is 7.96. The summed E-state index contributed by atoms with van der Waals surface area (Å²) in [4.78, 5) is 33.9. The Labute approximate surface area is 252 Å². The van der Waals surface area contributed by atoms with Gasteiger partial charge in [-0.3, -0.25) is 14.6 Å². The smallest absolute Gasteiger partial charge is 0.424 e. The SMILES string of the molecule is C[C@]1(C(N)=O)COc2c1cc([C@@](O)(CNC(=O)c1cc(OC3CC3)c3ncccc3c1)C(F)(F)F)nc2-c1ccc(F)c(F)c1. The van der Waals surface area contributed by atoms with Gasteiger partial charge in [-0.2, -0.15) is 13.2 Å². The molecule has 9 nitrogen and oxygen atoms in total. The van der Waals surface area contributed by atoms with Crippen LogP contribution in [0.25, 0.3) is 22.2 Å². The van der Waals surface area contributed by atoms with Crippen molar-refractivity contribution in [3.8, 4) is 22.8 Å². The van der Waals surface area contributed by atoms with E-state index in [1.165, 1.54) is 25.3 Å². The minimum atomic E-state index is -5.43. The number of benzene rings is 2. The molecule has 45 heavy (non-hydrogen) atoms. The van der Waals surface area contributed by atoms with Crippen LogP contribution in [-0.2, 0) is 15.8 Å². The summed E-state index contributed by atoms with van der Waals surface area (Å²) in [5.41, 5.74) is -1.27. The van der Waals surface area contributed by atoms with Crippen molar-refractivity contribution in [2.75, 3.05) is 13.2 Å². The van der Waals surface area contributed by atoms with Crippen LogP contribution in [0, 0.1) is 11.6 Å². The first-order valence-electron chi connectivity index (χ1n) is 13.8. The minimum Gasteiger partial charge on any atom is -0.489 e. The largest absolute Gasteiger partial charge is 0.489 e. The topological polar surface area (TPSA) is 137 Å². The number of nitrogens with zero attached hydrogens (tertiary/aromatic N) is 2. The summed E-state index contributed by atoms with van der Waals surface area (Å²) in [6, 6.07) is 9.38. The first-order valence-corrected chi connectivity index (χ1v) is 13.8. The zero-order valence-electron chi connectivity index (χ0n) is 23.5. The van der Waals surface area contributed by atoms with Gasteiger partial charge >= 0.3 is 6.18 Å². The molecule has 1 aliphatic heterocycles. The van der Waals surface area contributed by atoms with E-state index in [2.05, 4.69) is 15.3 Å². The molecule has 1 saturated carbocycles. The van der Waals surface area contributed by atoms with Crippen LogP contribution in [0.3, 0.4) is 0 Å². The number of rotatable bonds is 8. The van der Waals surface area contributed by atoms with Gasteiger partial charge in [-0.25, -0.2) is 13.8 Å². The monoisotopic (exact) mass is 628 g/mol. The van der Waals surface area contributed by atoms with Gasteiger partial charge in [0, 0.05) is 28.3 Å². The van der Waals surface area contributed by atoms with Crippen LogP contribution in [0.2, 0.25) is 0 Å². The normalized spacial score (nSPS) is 19.0. The Balaban J connectivity index is 1.41. The number of pyridine rings is 2. The molecule has 2 aliphatic rings. The van der Waals surface area contributed by atoms with Gasteiger partial charge in [-0.05, 0) is 62.2 Å². The van der Waals surface area contributed by atoms with Crippen molar-refractivity contribution in [2.45, 2.75) is 43.1 Å². The number of ether oxygens (including phenoxy) is 2. The molecule has 0 radical (unpaired) electrons. The van der Waals surface area contributed by atoms with Gasteiger partial charge in [0.1, 0.15) is 34.7 Å². The number of aliphatic hydroxyl groups is 1. The Bertz CT molecular complexity index is 1860. The van der Waals surface area contributed by atoms with Gasteiger partial charge in [0.25, 0.3) is 5.91 Å². The molecule has 0 unspecified atom stereocenters. The third-order valence-electron chi connectivity index (χ3n) is 7.96. The molecule has 14 heteroatoms. The molecule has 2 atom stereocenters. The fraction of sp³-hybridized carbons (Fsp3) is 0.290. The van der Waals surface area contributed by atoms with E-state index < -0.39 is 58.6 Å². The molecule has 4 aromatic rings. The Morgan fingerprint density at radius 3 is 2.56 bits per heavy atom. The maximum absolute atomic E-state index is 14.7. The van der Waals surface area contributed by atoms with Crippen LogP contribution >= 0.6 is 0 Å². The number of carbonyl (C=O) groups excluding carboxylic acids is 2. The average molecular weight is 629 g/mol. The summed E-state index contributed by atoms with van der Waals surface area (Å²) in [7, 11) is 0. The molecular weight excluding hydrogens is 603 g/mol. The molecule has 2 amide bonds. The van der Waals surface area contributed by atoms with Crippen molar-refractivity contribution in [1.29, 1.82) is 0 Å². The number of fused-ring (bicyclic) bond motifs is 2. The lowest BCUT2D eigenvalue weighted by molar-refractivity contribution is -0.265. The van der Waals surface area contributed by atoms with Crippen LogP contribution in [-0.4, -0.2) is 52.3 Å². The van der Waals surface area contributed by atoms with Crippen molar-refractivity contribution < 1.29 is 46.1 Å². The fourth-order valence-electron chi connectivity index (χ4n) is 5.03. The third kappa shape index (κ3) is 5.28. The minimum absolute atomic E-state index is 0.0465. The first-order chi connectivity index (χ1) is 21.2. The summed E-state index contributed by atoms with van der Waals surface area (Å²) in [5.74, 6) is -4.36. The number of primary amides is 1. The van der Waals surface area contributed by atoms with Crippen molar-refractivity contribution >= 4 is 22.7 Å². The van der Waals surface area contributed by atoms with Crippen LogP contribution < -0.4 is 20.5 Å². The maximum Gasteiger partial charge on any atom is 0.424 e. The number of nitrogens with one attached hydrogen (secondary N) is 1. The number of hydrogen-bond donors (Lipinski definition) is 3. The van der Waals surface area contributed by atoms with Gasteiger partial charge < -0.3 is 25.6 Å². The van der Waals surface area contributed by atoms with Gasteiger partial charge in [0.15, 0.2) is 11.6 Å². The van der Waals surface area contributed by atoms with Crippen LogP contribution in [0.1, 0.15) is 41.4 Å². The molecule has 0 bridgehead atoms. The summed E-state index contributed by atoms with van der Waals surface area (Å²) in [6.07, 6.45) is -2.33. The summed E-state index contributed by atoms with van der Waals surface area (Å²) >= 11 is 0. The predicted molar refractivity (Wildman–Crippen MR) is 149 cm³/mol. The quantitative estimate of drug-likeness (QED) is 0.246. The van der Waals surface area contributed by atoms with E-state index in [0.717, 1.165) is 31.0 Å². The van der Waals surface area contributed by atoms with E-state index in [1.54, 1.807) is 12.1 Å². The first kappa shape index (κ1) is 30.2. The lowest BCUT2D eigenvalue weighted by atomic mass is 9.81. The van der Waals surface area contributed by atoms with Crippen molar-refractivity contribution in [2.24, 2.45) is 5.73 Å². The second-order valence-electron chi connectivity index (χ2n) is 11.3. The summed E-state index contributed by atoms with van der Waals surface area (Å²) in [6.45, 7) is -0.469. The highest BCUT2D eigenvalue weighted by Gasteiger charge is 2.57. The van der Waals surface area contributed by atoms with Crippen LogP contribution in [0.5, 0.6) is 11.5 Å². The highest BCUT2D eigenvalue weighted by molar-refractivity contribution is 6.00. The van der Waals surface area contributed by atoms with Crippen molar-refractivity contribution in [3.05, 3.63) is 83.2 Å².